The lowest BCUT2D eigenvalue weighted by Crippen LogP contribution is -2.25. The third kappa shape index (κ3) is 5.85. The highest BCUT2D eigenvalue weighted by atomic mass is 16.5. The maximum Gasteiger partial charge on any atom is 0.247 e. The first-order valence-electron chi connectivity index (χ1n) is 11.1. The standard InChI is InChI=1S/C25H31N3O3/c1-28(2)16-6-17-29-22-12-9-20(10-13-22)24-26-27-25(31-24)23-14-11-19(23)15-18-30-21-7-4-3-5-8-21/h3-5,7-10,12-13,19,23H,6,11,14-18H2,1-2H3. The number of aromatic nitrogens is 2. The maximum absolute atomic E-state index is 6.02. The summed E-state index contributed by atoms with van der Waals surface area (Å²) in [5.74, 6) is 3.97. The van der Waals surface area contributed by atoms with E-state index in [1.165, 1.54) is 6.42 Å². The van der Waals surface area contributed by atoms with E-state index in [9.17, 15) is 0 Å². The molecule has 1 saturated carbocycles. The maximum atomic E-state index is 6.02. The molecule has 6 heteroatoms. The zero-order chi connectivity index (χ0) is 21.5. The molecule has 2 atom stereocenters. The van der Waals surface area contributed by atoms with Crippen molar-refractivity contribution in [3.8, 4) is 23.0 Å². The van der Waals surface area contributed by atoms with Gasteiger partial charge in [0.1, 0.15) is 11.5 Å². The van der Waals surface area contributed by atoms with Gasteiger partial charge in [-0.3, -0.25) is 0 Å². The van der Waals surface area contributed by atoms with Crippen molar-refractivity contribution in [3.05, 3.63) is 60.5 Å². The highest BCUT2D eigenvalue weighted by Crippen LogP contribution is 2.44. The third-order valence-electron chi connectivity index (χ3n) is 5.80. The van der Waals surface area contributed by atoms with Gasteiger partial charge in [-0.2, -0.15) is 0 Å². The molecule has 1 aromatic heterocycles. The molecule has 0 amide bonds. The van der Waals surface area contributed by atoms with E-state index in [2.05, 4.69) is 29.2 Å². The predicted molar refractivity (Wildman–Crippen MR) is 120 cm³/mol. The van der Waals surface area contributed by atoms with Crippen molar-refractivity contribution in [1.82, 2.24) is 15.1 Å². The molecule has 6 nitrogen and oxygen atoms in total. The van der Waals surface area contributed by atoms with E-state index in [0.29, 0.717) is 30.9 Å². The van der Waals surface area contributed by atoms with Crippen LogP contribution in [0.2, 0.25) is 0 Å². The fourth-order valence-corrected chi connectivity index (χ4v) is 3.85. The van der Waals surface area contributed by atoms with Gasteiger partial charge in [0.25, 0.3) is 0 Å². The zero-order valence-electron chi connectivity index (χ0n) is 18.4. The summed E-state index contributed by atoms with van der Waals surface area (Å²) in [5.41, 5.74) is 0.919. The number of para-hydroxylation sites is 1. The minimum absolute atomic E-state index is 0.333. The second kappa shape index (κ2) is 10.4. The SMILES string of the molecule is CN(C)CCCOc1ccc(-c2nnc(C3CCC3CCOc3ccccc3)o2)cc1. The molecule has 4 rings (SSSR count). The van der Waals surface area contributed by atoms with E-state index in [0.717, 1.165) is 48.8 Å². The number of hydrogen-bond acceptors (Lipinski definition) is 6. The molecule has 0 spiro atoms. The molecule has 3 aromatic rings. The first kappa shape index (κ1) is 21.4. The second-order valence-corrected chi connectivity index (χ2v) is 8.37. The third-order valence-corrected chi connectivity index (χ3v) is 5.80. The molecule has 164 valence electrons. The van der Waals surface area contributed by atoms with Crippen LogP contribution in [0.15, 0.2) is 59.0 Å². The molecular weight excluding hydrogens is 390 g/mol. The summed E-state index contributed by atoms with van der Waals surface area (Å²) in [6, 6.07) is 17.8. The number of nitrogens with zero attached hydrogens (tertiary/aromatic N) is 3. The van der Waals surface area contributed by atoms with Crippen molar-refractivity contribution in [2.45, 2.75) is 31.6 Å². The Balaban J connectivity index is 1.26. The van der Waals surface area contributed by atoms with Crippen molar-refractivity contribution < 1.29 is 13.9 Å². The molecule has 1 heterocycles. The minimum atomic E-state index is 0.333. The van der Waals surface area contributed by atoms with E-state index in [-0.39, 0.29) is 0 Å². The van der Waals surface area contributed by atoms with Gasteiger partial charge in [-0.25, -0.2) is 0 Å². The summed E-state index contributed by atoms with van der Waals surface area (Å²) in [7, 11) is 4.13. The molecular formula is C25H31N3O3. The zero-order valence-corrected chi connectivity index (χ0v) is 18.4. The quantitative estimate of drug-likeness (QED) is 0.405. The topological polar surface area (TPSA) is 60.6 Å². The van der Waals surface area contributed by atoms with Crippen molar-refractivity contribution in [2.75, 3.05) is 33.9 Å². The van der Waals surface area contributed by atoms with E-state index in [1.807, 2.05) is 54.6 Å². The average molecular weight is 422 g/mol. The molecule has 0 aliphatic heterocycles. The van der Waals surface area contributed by atoms with Crippen LogP contribution in [0.1, 0.15) is 37.5 Å². The van der Waals surface area contributed by atoms with Crippen LogP contribution in [0.4, 0.5) is 0 Å². The first-order valence-corrected chi connectivity index (χ1v) is 11.1. The summed E-state index contributed by atoms with van der Waals surface area (Å²) in [4.78, 5) is 2.16. The van der Waals surface area contributed by atoms with Crippen molar-refractivity contribution in [2.24, 2.45) is 5.92 Å². The Kier molecular flexibility index (Phi) is 7.20. The Morgan fingerprint density at radius 2 is 1.65 bits per heavy atom. The molecule has 0 radical (unpaired) electrons. The molecule has 1 aliphatic carbocycles. The molecule has 0 N–H and O–H groups in total. The van der Waals surface area contributed by atoms with Crippen molar-refractivity contribution in [1.29, 1.82) is 0 Å². The van der Waals surface area contributed by atoms with Gasteiger partial charge in [0.2, 0.25) is 11.8 Å². The Hall–Kier alpha value is -2.86. The van der Waals surface area contributed by atoms with E-state index < -0.39 is 0 Å². The monoisotopic (exact) mass is 421 g/mol. The summed E-state index contributed by atoms with van der Waals surface area (Å²) < 4.78 is 17.7. The average Bonchev–Trinajstić information content (AvgIpc) is 3.24. The van der Waals surface area contributed by atoms with Crippen LogP contribution in [0, 0.1) is 5.92 Å². The summed E-state index contributed by atoms with van der Waals surface area (Å²) in [6.07, 6.45) is 4.27. The van der Waals surface area contributed by atoms with Gasteiger partial charge in [0, 0.05) is 18.0 Å². The summed E-state index contributed by atoms with van der Waals surface area (Å²) >= 11 is 0. The highest BCUT2D eigenvalue weighted by molar-refractivity contribution is 5.54. The number of benzene rings is 2. The van der Waals surface area contributed by atoms with E-state index in [1.54, 1.807) is 0 Å². The van der Waals surface area contributed by atoms with Crippen LogP contribution < -0.4 is 9.47 Å². The molecule has 0 saturated heterocycles. The van der Waals surface area contributed by atoms with Crippen LogP contribution >= 0.6 is 0 Å². The molecule has 2 aromatic carbocycles. The van der Waals surface area contributed by atoms with Crippen LogP contribution in [0.3, 0.4) is 0 Å². The normalized spacial score (nSPS) is 18.0. The lowest BCUT2D eigenvalue weighted by molar-refractivity contribution is 0.169. The van der Waals surface area contributed by atoms with Gasteiger partial charge < -0.3 is 18.8 Å². The predicted octanol–water partition coefficient (Wildman–Crippen LogP) is 5.03. The number of rotatable bonds is 11. The highest BCUT2D eigenvalue weighted by Gasteiger charge is 2.36. The molecule has 0 bridgehead atoms. The van der Waals surface area contributed by atoms with Gasteiger partial charge in [-0.05, 0) is 82.1 Å². The number of hydrogen-bond donors (Lipinski definition) is 0. The largest absolute Gasteiger partial charge is 0.494 e. The summed E-state index contributed by atoms with van der Waals surface area (Å²) in [6.45, 7) is 2.44. The Bertz CT molecular complexity index is 925. The van der Waals surface area contributed by atoms with Gasteiger partial charge in [0.05, 0.1) is 13.2 Å². The lowest BCUT2D eigenvalue weighted by Gasteiger charge is -2.33. The van der Waals surface area contributed by atoms with Gasteiger partial charge in [0.15, 0.2) is 0 Å². The van der Waals surface area contributed by atoms with Crippen LogP contribution in [0.5, 0.6) is 11.5 Å². The van der Waals surface area contributed by atoms with Crippen LogP contribution in [-0.2, 0) is 0 Å². The molecule has 1 fully saturated rings. The molecule has 1 aliphatic rings. The Morgan fingerprint density at radius 3 is 2.35 bits per heavy atom. The smallest absolute Gasteiger partial charge is 0.247 e. The van der Waals surface area contributed by atoms with E-state index in [4.69, 9.17) is 13.9 Å². The van der Waals surface area contributed by atoms with Gasteiger partial charge in [-0.15, -0.1) is 10.2 Å². The fourth-order valence-electron chi connectivity index (χ4n) is 3.85. The molecule has 2 unspecified atom stereocenters. The first-order chi connectivity index (χ1) is 15.2. The van der Waals surface area contributed by atoms with Gasteiger partial charge in [-0.1, -0.05) is 18.2 Å². The molecule has 31 heavy (non-hydrogen) atoms. The Morgan fingerprint density at radius 1 is 0.903 bits per heavy atom. The number of ether oxygens (including phenoxy) is 2. The van der Waals surface area contributed by atoms with Crippen molar-refractivity contribution in [3.63, 3.8) is 0 Å². The summed E-state index contributed by atoms with van der Waals surface area (Å²) in [5, 5.41) is 8.62. The van der Waals surface area contributed by atoms with Crippen LogP contribution in [0.25, 0.3) is 11.5 Å². The fraction of sp³-hybridized carbons (Fsp3) is 0.440. The van der Waals surface area contributed by atoms with E-state index >= 15 is 0 Å². The second-order valence-electron chi connectivity index (χ2n) is 8.37. The van der Waals surface area contributed by atoms with Crippen LogP contribution in [-0.4, -0.2) is 49.0 Å². The Labute approximate surface area is 184 Å². The van der Waals surface area contributed by atoms with Gasteiger partial charge >= 0.3 is 0 Å². The van der Waals surface area contributed by atoms with Crippen molar-refractivity contribution >= 4 is 0 Å². The minimum Gasteiger partial charge on any atom is -0.494 e. The lowest BCUT2D eigenvalue weighted by atomic mass is 9.72.